The topological polar surface area (TPSA) is 112 Å². The smallest absolute Gasteiger partial charge is 0.183 e. The zero-order chi connectivity index (χ0) is 25.8. The molecule has 2 aromatic heterocycles. The summed E-state index contributed by atoms with van der Waals surface area (Å²) < 4.78 is 19.1. The predicted molar refractivity (Wildman–Crippen MR) is 142 cm³/mol. The van der Waals surface area contributed by atoms with Gasteiger partial charge in [-0.15, -0.1) is 11.3 Å². The van der Waals surface area contributed by atoms with Gasteiger partial charge in [0, 0.05) is 62.5 Å². The SMILES string of the molecule is O=C1CC(COc2ccc(F)c(Cl)c2)=Nc2c1ccnc2-c1csc(NCC(O)CN2CCNCC2)n1. The largest absolute Gasteiger partial charge is 0.488 e. The molecule has 2 aliphatic rings. The van der Waals surface area contributed by atoms with E-state index in [-0.39, 0.29) is 23.8 Å². The number of piperazine rings is 1. The molecule has 0 amide bonds. The Kier molecular flexibility index (Phi) is 8.06. The van der Waals surface area contributed by atoms with Gasteiger partial charge in [0.2, 0.25) is 0 Å². The van der Waals surface area contributed by atoms with E-state index in [4.69, 9.17) is 16.3 Å². The van der Waals surface area contributed by atoms with Crippen LogP contribution < -0.4 is 15.4 Å². The molecule has 0 radical (unpaired) electrons. The molecule has 12 heteroatoms. The first-order valence-corrected chi connectivity index (χ1v) is 13.2. The van der Waals surface area contributed by atoms with E-state index in [1.54, 1.807) is 12.3 Å². The molecule has 3 N–H and O–H groups in total. The number of ketones is 1. The van der Waals surface area contributed by atoms with Gasteiger partial charge in [-0.2, -0.15) is 0 Å². The van der Waals surface area contributed by atoms with Gasteiger partial charge in [-0.3, -0.25) is 19.7 Å². The van der Waals surface area contributed by atoms with Gasteiger partial charge >= 0.3 is 0 Å². The second-order valence-corrected chi connectivity index (χ2v) is 10.1. The van der Waals surface area contributed by atoms with Gasteiger partial charge < -0.3 is 20.5 Å². The molecular weight excluding hydrogens is 519 g/mol. The number of aromatic nitrogens is 2. The van der Waals surface area contributed by atoms with Crippen LogP contribution in [0.4, 0.5) is 15.2 Å². The highest BCUT2D eigenvalue weighted by Gasteiger charge is 2.25. The number of aliphatic imine (C=N–C) groups is 1. The third-order valence-electron chi connectivity index (χ3n) is 6.07. The van der Waals surface area contributed by atoms with Gasteiger partial charge in [0.1, 0.15) is 35.2 Å². The summed E-state index contributed by atoms with van der Waals surface area (Å²) in [5.74, 6) is -0.239. The number of halogens is 2. The van der Waals surface area contributed by atoms with Crippen molar-refractivity contribution >= 4 is 45.3 Å². The van der Waals surface area contributed by atoms with Crippen LogP contribution in [0.2, 0.25) is 5.02 Å². The average molecular weight is 545 g/mol. The molecule has 4 heterocycles. The lowest BCUT2D eigenvalue weighted by atomic mass is 9.99. The number of ether oxygens (including phenoxy) is 1. The van der Waals surface area contributed by atoms with Crippen LogP contribution in [-0.4, -0.2) is 83.4 Å². The number of carbonyl (C=O) groups excluding carboxylic acids is 1. The maximum Gasteiger partial charge on any atom is 0.183 e. The number of carbonyl (C=O) groups is 1. The summed E-state index contributed by atoms with van der Waals surface area (Å²) in [7, 11) is 0. The van der Waals surface area contributed by atoms with E-state index < -0.39 is 11.9 Å². The number of Topliss-reactive ketones (excluding diaryl/α,β-unsaturated/α-hetero) is 1. The Bertz CT molecular complexity index is 1310. The lowest BCUT2D eigenvalue weighted by Gasteiger charge is -2.29. The van der Waals surface area contributed by atoms with Crippen LogP contribution in [0.25, 0.3) is 11.4 Å². The Labute approximate surface area is 222 Å². The van der Waals surface area contributed by atoms with Crippen molar-refractivity contribution in [3.8, 4) is 17.1 Å². The highest BCUT2D eigenvalue weighted by Crippen LogP contribution is 2.36. The van der Waals surface area contributed by atoms with Crippen LogP contribution >= 0.6 is 22.9 Å². The number of fused-ring (bicyclic) bond motifs is 1. The lowest BCUT2D eigenvalue weighted by molar-refractivity contribution is 0.0998. The third-order valence-corrected chi connectivity index (χ3v) is 7.16. The Hall–Kier alpha value is -2.96. The summed E-state index contributed by atoms with van der Waals surface area (Å²) in [5.41, 5.74) is 2.54. The molecular formula is C25H26ClFN6O3S. The lowest BCUT2D eigenvalue weighted by Crippen LogP contribution is -2.47. The Morgan fingerprint density at radius 1 is 1.30 bits per heavy atom. The summed E-state index contributed by atoms with van der Waals surface area (Å²) in [4.78, 5) is 28.8. The molecule has 1 aromatic carbocycles. The maximum absolute atomic E-state index is 13.4. The van der Waals surface area contributed by atoms with E-state index in [0.29, 0.717) is 52.3 Å². The van der Waals surface area contributed by atoms with Crippen LogP contribution in [0, 0.1) is 5.82 Å². The number of pyridine rings is 1. The molecule has 1 unspecified atom stereocenters. The number of β-amino-alcohol motifs (C(OH)–C–C–N with tert-alkyl or cyclic N) is 1. The fourth-order valence-corrected chi connectivity index (χ4v) is 5.08. The van der Waals surface area contributed by atoms with Gasteiger partial charge in [0.25, 0.3) is 0 Å². The number of benzene rings is 1. The minimum atomic E-state index is -0.532. The fourth-order valence-electron chi connectivity index (χ4n) is 4.20. The van der Waals surface area contributed by atoms with Crippen LogP contribution in [0.3, 0.4) is 0 Å². The molecule has 0 bridgehead atoms. The first-order valence-electron chi connectivity index (χ1n) is 11.9. The molecule has 9 nitrogen and oxygen atoms in total. The van der Waals surface area contributed by atoms with Crippen molar-refractivity contribution in [3.05, 3.63) is 52.2 Å². The summed E-state index contributed by atoms with van der Waals surface area (Å²) in [6.07, 6.45) is 1.17. The zero-order valence-corrected chi connectivity index (χ0v) is 21.5. The van der Waals surface area contributed by atoms with E-state index in [1.807, 2.05) is 5.38 Å². The molecule has 194 valence electrons. The number of aliphatic hydroxyl groups excluding tert-OH is 1. The van der Waals surface area contributed by atoms with Gasteiger partial charge in [0.15, 0.2) is 10.9 Å². The van der Waals surface area contributed by atoms with Gasteiger partial charge in [-0.05, 0) is 18.2 Å². The normalized spacial score (nSPS) is 16.7. The molecule has 5 rings (SSSR count). The number of anilines is 1. The van der Waals surface area contributed by atoms with Crippen molar-refractivity contribution in [1.29, 1.82) is 0 Å². The molecule has 2 aliphatic heterocycles. The van der Waals surface area contributed by atoms with Crippen molar-refractivity contribution in [1.82, 2.24) is 20.2 Å². The third kappa shape index (κ3) is 6.31. The van der Waals surface area contributed by atoms with Crippen LogP contribution in [-0.2, 0) is 0 Å². The quantitative estimate of drug-likeness (QED) is 0.376. The minimum Gasteiger partial charge on any atom is -0.488 e. The minimum absolute atomic E-state index is 0.0414. The summed E-state index contributed by atoms with van der Waals surface area (Å²) in [6, 6.07) is 5.73. The molecule has 0 spiro atoms. The van der Waals surface area contributed by atoms with Crippen molar-refractivity contribution in [3.63, 3.8) is 0 Å². The van der Waals surface area contributed by atoms with E-state index in [0.717, 1.165) is 26.2 Å². The number of nitrogens with zero attached hydrogens (tertiary/aromatic N) is 4. The monoisotopic (exact) mass is 544 g/mol. The Balaban J connectivity index is 1.27. The zero-order valence-electron chi connectivity index (χ0n) is 19.9. The molecule has 1 saturated heterocycles. The second kappa shape index (κ2) is 11.6. The van der Waals surface area contributed by atoms with E-state index in [1.165, 1.54) is 29.5 Å². The number of nitrogens with one attached hydrogen (secondary N) is 2. The fraction of sp³-hybridized carbons (Fsp3) is 0.360. The highest BCUT2D eigenvalue weighted by molar-refractivity contribution is 7.14. The molecule has 37 heavy (non-hydrogen) atoms. The van der Waals surface area contributed by atoms with Gasteiger partial charge in [0.05, 0.1) is 23.3 Å². The molecule has 1 fully saturated rings. The van der Waals surface area contributed by atoms with Crippen molar-refractivity contribution in [2.24, 2.45) is 4.99 Å². The van der Waals surface area contributed by atoms with E-state index >= 15 is 0 Å². The van der Waals surface area contributed by atoms with Crippen molar-refractivity contribution < 1.29 is 19.0 Å². The van der Waals surface area contributed by atoms with E-state index in [2.05, 4.69) is 30.5 Å². The van der Waals surface area contributed by atoms with E-state index in [9.17, 15) is 14.3 Å². The Morgan fingerprint density at radius 2 is 2.14 bits per heavy atom. The first kappa shape index (κ1) is 25.7. The van der Waals surface area contributed by atoms with Gasteiger partial charge in [-0.25, -0.2) is 9.37 Å². The number of hydrogen-bond donors (Lipinski definition) is 3. The van der Waals surface area contributed by atoms with Crippen molar-refractivity contribution in [2.45, 2.75) is 12.5 Å². The standard InChI is InChI=1S/C25H26ClFN6O3S/c26-19-10-17(1-2-20(19)27)36-13-15-9-22(35)18-3-4-29-24(23(18)31-15)21-14-37-25(32-21)30-11-16(34)12-33-7-5-28-6-8-33/h1-4,10,14,16,28,34H,5-9,11-13H2,(H,30,32). The Morgan fingerprint density at radius 3 is 2.95 bits per heavy atom. The highest BCUT2D eigenvalue weighted by atomic mass is 35.5. The second-order valence-electron chi connectivity index (χ2n) is 8.82. The molecule has 0 aliphatic carbocycles. The molecule has 3 aromatic rings. The van der Waals surface area contributed by atoms with Crippen LogP contribution in [0.5, 0.6) is 5.75 Å². The average Bonchev–Trinajstić information content (AvgIpc) is 3.37. The first-order chi connectivity index (χ1) is 18.0. The van der Waals surface area contributed by atoms with Crippen molar-refractivity contribution in [2.75, 3.05) is 51.2 Å². The summed E-state index contributed by atoms with van der Waals surface area (Å²) >= 11 is 7.22. The summed E-state index contributed by atoms with van der Waals surface area (Å²) in [5, 5.41) is 19.4. The maximum atomic E-state index is 13.4. The predicted octanol–water partition coefficient (Wildman–Crippen LogP) is 3.41. The molecule has 1 atom stereocenters. The van der Waals surface area contributed by atoms with Crippen LogP contribution in [0.1, 0.15) is 16.8 Å². The molecule has 0 saturated carbocycles. The number of thiazole rings is 1. The van der Waals surface area contributed by atoms with Gasteiger partial charge in [-0.1, -0.05) is 11.6 Å². The number of hydrogen-bond acceptors (Lipinski definition) is 10. The number of aliphatic hydroxyl groups is 1. The van der Waals surface area contributed by atoms with Crippen LogP contribution in [0.15, 0.2) is 40.8 Å². The summed E-state index contributed by atoms with van der Waals surface area (Å²) in [6.45, 7) is 4.75. The number of rotatable bonds is 9.